The molecule has 0 aliphatic carbocycles. The van der Waals surface area contributed by atoms with E-state index in [1.54, 1.807) is 17.0 Å². The van der Waals surface area contributed by atoms with Gasteiger partial charge in [0.25, 0.3) is 0 Å². The van der Waals surface area contributed by atoms with Crippen LogP contribution in [0.4, 0.5) is 5.69 Å². The van der Waals surface area contributed by atoms with E-state index in [4.69, 9.17) is 14.9 Å². The van der Waals surface area contributed by atoms with Crippen LogP contribution in [0, 0.1) is 0 Å². The summed E-state index contributed by atoms with van der Waals surface area (Å²) in [7, 11) is -4.29. The van der Waals surface area contributed by atoms with Crippen LogP contribution in [0.1, 0.15) is 0 Å². The number of hydrogen-bond acceptors (Lipinski definition) is 4. The number of nitrogens with one attached hydrogen (secondary N) is 1. The maximum atomic E-state index is 11.2. The molecule has 0 aromatic heterocycles. The van der Waals surface area contributed by atoms with Gasteiger partial charge in [0.2, 0.25) is 0 Å². The minimum atomic E-state index is -4.29. The Kier molecular flexibility index (Phi) is 3.91. The number of benzene rings is 1. The van der Waals surface area contributed by atoms with E-state index in [9.17, 15) is 9.36 Å². The summed E-state index contributed by atoms with van der Waals surface area (Å²) in [4.78, 5) is 31.0. The molecular weight excluding hydrogens is 271 g/mol. The van der Waals surface area contributed by atoms with Crippen molar-refractivity contribution in [3.8, 4) is 0 Å². The molecule has 0 amide bonds. The molecule has 1 aromatic rings. The third-order valence-corrected chi connectivity index (χ3v) is 3.96. The molecule has 2 rings (SSSR count). The smallest absolute Gasteiger partial charge is 0.356 e. The molecule has 1 aliphatic heterocycles. The average Bonchev–Trinajstić information content (AvgIpc) is 2.38. The second-order valence-corrected chi connectivity index (χ2v) is 5.96. The van der Waals surface area contributed by atoms with Crippen molar-refractivity contribution in [2.75, 3.05) is 24.5 Å². The fourth-order valence-corrected chi connectivity index (χ4v) is 2.60. The molecule has 4 N–H and O–H groups in total. The summed E-state index contributed by atoms with van der Waals surface area (Å²) in [6.45, 7) is 1.37. The Bertz CT molecular complexity index is 530. The molecule has 1 unspecified atom stereocenters. The van der Waals surface area contributed by atoms with Crippen LogP contribution in [-0.4, -0.2) is 46.5 Å². The average molecular weight is 286 g/mol. The fraction of sp³-hybridized carbons (Fsp3) is 0.364. The second-order valence-electron chi connectivity index (χ2n) is 4.35. The zero-order chi connectivity index (χ0) is 14.0. The Labute approximate surface area is 110 Å². The predicted octanol–water partition coefficient (Wildman–Crippen LogP) is -0.648. The highest BCUT2D eigenvalue weighted by atomic mass is 31.2. The lowest BCUT2D eigenvalue weighted by atomic mass is 10.2. The summed E-state index contributed by atoms with van der Waals surface area (Å²) < 4.78 is 11.2. The Morgan fingerprint density at radius 3 is 2.79 bits per heavy atom. The van der Waals surface area contributed by atoms with Crippen molar-refractivity contribution >= 4 is 24.6 Å². The number of piperazine rings is 1. The first kappa shape index (κ1) is 14.0. The first-order valence-electron chi connectivity index (χ1n) is 5.75. The van der Waals surface area contributed by atoms with Crippen molar-refractivity contribution in [2.45, 2.75) is 6.04 Å². The van der Waals surface area contributed by atoms with E-state index in [1.807, 2.05) is 0 Å². The van der Waals surface area contributed by atoms with Gasteiger partial charge in [0.1, 0.15) is 6.04 Å². The summed E-state index contributed by atoms with van der Waals surface area (Å²) in [6, 6.07) is 5.37. The summed E-state index contributed by atoms with van der Waals surface area (Å²) in [5.41, 5.74) is 0.619. The SMILES string of the molecule is O=C(O)C1CN(c2cccc(P(=O)(O)O)c2)CCN1. The molecule has 1 aliphatic rings. The third kappa shape index (κ3) is 3.33. The van der Waals surface area contributed by atoms with Crippen LogP contribution in [0.2, 0.25) is 0 Å². The monoisotopic (exact) mass is 286 g/mol. The number of anilines is 1. The minimum absolute atomic E-state index is 0.0598. The molecule has 1 atom stereocenters. The van der Waals surface area contributed by atoms with Crippen LogP contribution in [0.3, 0.4) is 0 Å². The van der Waals surface area contributed by atoms with Crippen molar-refractivity contribution in [3.05, 3.63) is 24.3 Å². The van der Waals surface area contributed by atoms with Crippen molar-refractivity contribution in [2.24, 2.45) is 0 Å². The molecule has 1 saturated heterocycles. The lowest BCUT2D eigenvalue weighted by Gasteiger charge is -2.33. The van der Waals surface area contributed by atoms with E-state index in [0.29, 0.717) is 18.8 Å². The van der Waals surface area contributed by atoms with E-state index in [0.717, 1.165) is 0 Å². The van der Waals surface area contributed by atoms with Gasteiger partial charge < -0.3 is 25.1 Å². The van der Waals surface area contributed by atoms with Crippen LogP contribution in [-0.2, 0) is 9.36 Å². The Hall–Kier alpha value is -1.40. The highest BCUT2D eigenvalue weighted by Crippen LogP contribution is 2.34. The largest absolute Gasteiger partial charge is 0.480 e. The molecule has 7 nitrogen and oxygen atoms in total. The highest BCUT2D eigenvalue weighted by molar-refractivity contribution is 7.60. The van der Waals surface area contributed by atoms with Gasteiger partial charge in [0, 0.05) is 25.3 Å². The van der Waals surface area contributed by atoms with Crippen molar-refractivity contribution in [1.82, 2.24) is 5.32 Å². The Morgan fingerprint density at radius 1 is 1.42 bits per heavy atom. The first-order valence-corrected chi connectivity index (χ1v) is 7.36. The fourth-order valence-electron chi connectivity index (χ4n) is 2.02. The van der Waals surface area contributed by atoms with Crippen molar-refractivity contribution < 1.29 is 24.3 Å². The Balaban J connectivity index is 2.22. The summed E-state index contributed by atoms with van der Waals surface area (Å²) in [5.74, 6) is -0.934. The van der Waals surface area contributed by atoms with E-state index in [1.165, 1.54) is 12.1 Å². The molecule has 0 radical (unpaired) electrons. The van der Waals surface area contributed by atoms with Gasteiger partial charge in [0.15, 0.2) is 0 Å². The number of carbonyl (C=O) groups is 1. The number of nitrogens with zero attached hydrogens (tertiary/aromatic N) is 1. The number of carboxylic acids is 1. The van der Waals surface area contributed by atoms with Crippen LogP contribution in [0.5, 0.6) is 0 Å². The zero-order valence-electron chi connectivity index (χ0n) is 10.1. The number of rotatable bonds is 3. The van der Waals surface area contributed by atoms with E-state index < -0.39 is 19.6 Å². The standard InChI is InChI=1S/C11H15N2O5P/c14-11(15)10-7-13(5-4-12-10)8-2-1-3-9(6-8)19(16,17)18/h1-3,6,10,12H,4-5,7H2,(H,14,15)(H2,16,17,18). The van der Waals surface area contributed by atoms with Crippen LogP contribution < -0.4 is 15.5 Å². The third-order valence-electron chi connectivity index (χ3n) is 3.00. The van der Waals surface area contributed by atoms with Crippen LogP contribution in [0.15, 0.2) is 24.3 Å². The van der Waals surface area contributed by atoms with Gasteiger partial charge in [-0.2, -0.15) is 0 Å². The van der Waals surface area contributed by atoms with E-state index in [2.05, 4.69) is 5.32 Å². The van der Waals surface area contributed by atoms with Gasteiger partial charge in [-0.1, -0.05) is 6.07 Å². The quantitative estimate of drug-likeness (QED) is 0.547. The number of hydrogen-bond donors (Lipinski definition) is 4. The van der Waals surface area contributed by atoms with E-state index >= 15 is 0 Å². The van der Waals surface area contributed by atoms with Crippen molar-refractivity contribution in [3.63, 3.8) is 0 Å². The maximum Gasteiger partial charge on any atom is 0.356 e. The molecule has 1 heterocycles. The maximum absolute atomic E-state index is 11.2. The zero-order valence-corrected chi connectivity index (χ0v) is 11.0. The predicted molar refractivity (Wildman–Crippen MR) is 69.8 cm³/mol. The molecular formula is C11H15N2O5P. The highest BCUT2D eigenvalue weighted by Gasteiger charge is 2.26. The molecule has 0 spiro atoms. The Morgan fingerprint density at radius 2 is 2.16 bits per heavy atom. The summed E-state index contributed by atoms with van der Waals surface area (Å²) >= 11 is 0. The van der Waals surface area contributed by atoms with Gasteiger partial charge in [0.05, 0.1) is 5.30 Å². The minimum Gasteiger partial charge on any atom is -0.480 e. The van der Waals surface area contributed by atoms with Gasteiger partial charge in [-0.05, 0) is 18.2 Å². The molecule has 1 aromatic carbocycles. The van der Waals surface area contributed by atoms with Gasteiger partial charge in [-0.3, -0.25) is 9.36 Å². The summed E-state index contributed by atoms with van der Waals surface area (Å²) in [6.07, 6.45) is 0. The molecule has 1 fully saturated rings. The molecule has 104 valence electrons. The van der Waals surface area contributed by atoms with Crippen LogP contribution >= 0.6 is 7.60 Å². The topological polar surface area (TPSA) is 110 Å². The first-order chi connectivity index (χ1) is 8.88. The second kappa shape index (κ2) is 5.30. The molecule has 19 heavy (non-hydrogen) atoms. The molecule has 0 bridgehead atoms. The number of aliphatic carboxylic acids is 1. The van der Waals surface area contributed by atoms with Gasteiger partial charge in [-0.25, -0.2) is 0 Å². The molecule has 8 heteroatoms. The van der Waals surface area contributed by atoms with Gasteiger partial charge >= 0.3 is 13.6 Å². The van der Waals surface area contributed by atoms with Crippen LogP contribution in [0.25, 0.3) is 0 Å². The van der Waals surface area contributed by atoms with E-state index in [-0.39, 0.29) is 11.8 Å². The molecule has 0 saturated carbocycles. The lowest BCUT2D eigenvalue weighted by Crippen LogP contribution is -2.54. The lowest BCUT2D eigenvalue weighted by molar-refractivity contribution is -0.139. The summed E-state index contributed by atoms with van der Waals surface area (Å²) in [5, 5.41) is 11.8. The van der Waals surface area contributed by atoms with Crippen molar-refractivity contribution in [1.29, 1.82) is 0 Å². The van der Waals surface area contributed by atoms with Gasteiger partial charge in [-0.15, -0.1) is 0 Å². The number of carboxylic acid groups (broad SMARTS) is 1. The normalized spacial score (nSPS) is 20.3.